The van der Waals surface area contributed by atoms with Gasteiger partial charge < -0.3 is 10.2 Å². The maximum Gasteiger partial charge on any atom is 0.239 e. The first-order valence-corrected chi connectivity index (χ1v) is 8.51. The van der Waals surface area contributed by atoms with Crippen molar-refractivity contribution in [1.82, 2.24) is 15.1 Å². The summed E-state index contributed by atoms with van der Waals surface area (Å²) in [5.41, 5.74) is 1.30. The number of hydrogen-bond donors (Lipinski definition) is 1. The normalized spacial score (nSPS) is 26.0. The van der Waals surface area contributed by atoms with E-state index in [-0.39, 0.29) is 6.04 Å². The third-order valence-electron chi connectivity index (χ3n) is 5.06. The summed E-state index contributed by atoms with van der Waals surface area (Å²) in [4.78, 5) is 17.3. The lowest BCUT2D eigenvalue weighted by Gasteiger charge is -2.38. The van der Waals surface area contributed by atoms with Crippen LogP contribution in [0.3, 0.4) is 0 Å². The SMILES string of the molecule is CN(C(=O)C1CCCCN1Cc1ccccc1)C1CCNC1. The van der Waals surface area contributed by atoms with Gasteiger partial charge in [-0.3, -0.25) is 9.69 Å². The van der Waals surface area contributed by atoms with E-state index >= 15 is 0 Å². The minimum atomic E-state index is 0.0551. The Morgan fingerprint density at radius 2 is 2.09 bits per heavy atom. The van der Waals surface area contributed by atoms with Gasteiger partial charge in [-0.25, -0.2) is 0 Å². The molecule has 2 aliphatic rings. The molecule has 3 rings (SSSR count). The molecule has 2 unspecified atom stereocenters. The number of amides is 1. The highest BCUT2D eigenvalue weighted by Gasteiger charge is 2.33. The van der Waals surface area contributed by atoms with Crippen LogP contribution in [-0.4, -0.2) is 54.5 Å². The van der Waals surface area contributed by atoms with Crippen LogP contribution in [0.25, 0.3) is 0 Å². The minimum Gasteiger partial charge on any atom is -0.340 e. The number of piperidine rings is 1. The molecule has 1 N–H and O–H groups in total. The fourth-order valence-electron chi connectivity index (χ4n) is 3.66. The summed E-state index contributed by atoms with van der Waals surface area (Å²) in [6, 6.07) is 10.9. The Bertz CT molecular complexity index is 484. The van der Waals surface area contributed by atoms with Crippen molar-refractivity contribution >= 4 is 5.91 Å². The first-order chi connectivity index (χ1) is 10.8. The van der Waals surface area contributed by atoms with Crippen LogP contribution >= 0.6 is 0 Å². The summed E-state index contributed by atoms with van der Waals surface area (Å²) >= 11 is 0. The zero-order chi connectivity index (χ0) is 15.4. The van der Waals surface area contributed by atoms with E-state index in [0.29, 0.717) is 11.9 Å². The number of carbonyl (C=O) groups excluding carboxylic acids is 1. The maximum atomic E-state index is 12.9. The van der Waals surface area contributed by atoms with Crippen molar-refractivity contribution in [1.29, 1.82) is 0 Å². The topological polar surface area (TPSA) is 35.6 Å². The van der Waals surface area contributed by atoms with Gasteiger partial charge >= 0.3 is 0 Å². The number of nitrogens with zero attached hydrogens (tertiary/aromatic N) is 2. The number of hydrogen-bond acceptors (Lipinski definition) is 3. The van der Waals surface area contributed by atoms with E-state index in [1.165, 1.54) is 18.4 Å². The van der Waals surface area contributed by atoms with Crippen molar-refractivity contribution in [2.45, 2.75) is 44.3 Å². The van der Waals surface area contributed by atoms with Crippen LogP contribution in [0, 0.1) is 0 Å². The monoisotopic (exact) mass is 301 g/mol. The van der Waals surface area contributed by atoms with Gasteiger partial charge in [0.25, 0.3) is 0 Å². The third-order valence-corrected chi connectivity index (χ3v) is 5.06. The van der Waals surface area contributed by atoms with Crippen molar-refractivity contribution in [2.75, 3.05) is 26.7 Å². The number of likely N-dealkylation sites (tertiary alicyclic amines) is 1. The summed E-state index contributed by atoms with van der Waals surface area (Å²) in [5.74, 6) is 0.310. The standard InChI is InChI=1S/C18H27N3O/c1-20(16-10-11-19-13-16)18(22)17-9-5-6-12-21(17)14-15-7-3-2-4-8-15/h2-4,7-8,16-17,19H,5-6,9-14H2,1H3. The predicted octanol–water partition coefficient (Wildman–Crippen LogP) is 1.86. The van der Waals surface area contributed by atoms with E-state index in [4.69, 9.17) is 0 Å². The van der Waals surface area contributed by atoms with Crippen LogP contribution in [-0.2, 0) is 11.3 Å². The van der Waals surface area contributed by atoms with Crippen LogP contribution in [0.4, 0.5) is 0 Å². The molecule has 1 aromatic carbocycles. The molecule has 120 valence electrons. The molecule has 2 saturated heterocycles. The van der Waals surface area contributed by atoms with E-state index in [1.54, 1.807) is 0 Å². The molecule has 22 heavy (non-hydrogen) atoms. The van der Waals surface area contributed by atoms with Crippen molar-refractivity contribution in [3.63, 3.8) is 0 Å². The Hall–Kier alpha value is -1.39. The molecule has 0 aromatic heterocycles. The average Bonchev–Trinajstić information content (AvgIpc) is 3.09. The quantitative estimate of drug-likeness (QED) is 0.922. The van der Waals surface area contributed by atoms with Gasteiger partial charge in [-0.05, 0) is 37.9 Å². The lowest BCUT2D eigenvalue weighted by Crippen LogP contribution is -2.52. The molecule has 2 heterocycles. The fraction of sp³-hybridized carbons (Fsp3) is 0.611. The van der Waals surface area contributed by atoms with Crippen LogP contribution in [0.15, 0.2) is 30.3 Å². The van der Waals surface area contributed by atoms with Gasteiger partial charge in [0.2, 0.25) is 5.91 Å². The second kappa shape index (κ2) is 7.25. The third kappa shape index (κ3) is 3.50. The molecule has 2 fully saturated rings. The fourth-order valence-corrected chi connectivity index (χ4v) is 3.66. The molecule has 0 saturated carbocycles. The van der Waals surface area contributed by atoms with E-state index < -0.39 is 0 Å². The Kier molecular flexibility index (Phi) is 5.11. The van der Waals surface area contributed by atoms with Crippen molar-refractivity contribution < 1.29 is 4.79 Å². The van der Waals surface area contributed by atoms with Gasteiger partial charge in [0.05, 0.1) is 6.04 Å². The molecule has 4 heteroatoms. The zero-order valence-corrected chi connectivity index (χ0v) is 13.5. The van der Waals surface area contributed by atoms with E-state index in [1.807, 2.05) is 18.0 Å². The van der Waals surface area contributed by atoms with Gasteiger partial charge in [0.15, 0.2) is 0 Å². The largest absolute Gasteiger partial charge is 0.340 e. The molecule has 1 aromatic rings. The highest BCUT2D eigenvalue weighted by Crippen LogP contribution is 2.22. The highest BCUT2D eigenvalue weighted by atomic mass is 16.2. The second-order valence-corrected chi connectivity index (χ2v) is 6.56. The van der Waals surface area contributed by atoms with Crippen LogP contribution < -0.4 is 5.32 Å². The average molecular weight is 301 g/mol. The molecule has 0 radical (unpaired) electrons. The zero-order valence-electron chi connectivity index (χ0n) is 13.5. The first-order valence-electron chi connectivity index (χ1n) is 8.51. The number of likely N-dealkylation sites (N-methyl/N-ethyl adjacent to an activating group) is 1. The summed E-state index contributed by atoms with van der Waals surface area (Å²) in [6.45, 7) is 3.88. The summed E-state index contributed by atoms with van der Waals surface area (Å²) < 4.78 is 0. The van der Waals surface area contributed by atoms with Crippen molar-refractivity contribution in [3.8, 4) is 0 Å². The molecule has 2 atom stereocenters. The van der Waals surface area contributed by atoms with Gasteiger partial charge in [-0.1, -0.05) is 36.8 Å². The summed E-state index contributed by atoms with van der Waals surface area (Å²) in [7, 11) is 1.98. The molecule has 4 nitrogen and oxygen atoms in total. The summed E-state index contributed by atoms with van der Waals surface area (Å²) in [6.07, 6.45) is 4.44. The molecular formula is C18H27N3O. The van der Waals surface area contributed by atoms with E-state index in [9.17, 15) is 4.79 Å². The van der Waals surface area contributed by atoms with E-state index in [2.05, 4.69) is 34.5 Å². The van der Waals surface area contributed by atoms with Crippen molar-refractivity contribution in [3.05, 3.63) is 35.9 Å². The number of carbonyl (C=O) groups is 1. The van der Waals surface area contributed by atoms with E-state index in [0.717, 1.165) is 39.0 Å². The number of benzene rings is 1. The van der Waals surface area contributed by atoms with Crippen LogP contribution in [0.1, 0.15) is 31.2 Å². The summed E-state index contributed by atoms with van der Waals surface area (Å²) in [5, 5.41) is 3.35. The smallest absolute Gasteiger partial charge is 0.239 e. The first kappa shape index (κ1) is 15.5. The molecule has 1 amide bonds. The Labute approximate surface area is 133 Å². The van der Waals surface area contributed by atoms with Gasteiger partial charge in [-0.2, -0.15) is 0 Å². The van der Waals surface area contributed by atoms with Crippen LogP contribution in [0.5, 0.6) is 0 Å². The molecule has 0 spiro atoms. The lowest BCUT2D eigenvalue weighted by atomic mass is 9.99. The molecule has 0 aliphatic carbocycles. The molecule has 0 bridgehead atoms. The van der Waals surface area contributed by atoms with Crippen molar-refractivity contribution in [2.24, 2.45) is 0 Å². The minimum absolute atomic E-state index is 0.0551. The Balaban J connectivity index is 1.67. The van der Waals surface area contributed by atoms with Gasteiger partial charge in [0.1, 0.15) is 0 Å². The van der Waals surface area contributed by atoms with Gasteiger partial charge in [0, 0.05) is 26.2 Å². The second-order valence-electron chi connectivity index (χ2n) is 6.56. The Morgan fingerprint density at radius 3 is 2.82 bits per heavy atom. The predicted molar refractivity (Wildman–Crippen MR) is 88.5 cm³/mol. The molecule has 2 aliphatic heterocycles. The highest BCUT2D eigenvalue weighted by molar-refractivity contribution is 5.82. The lowest BCUT2D eigenvalue weighted by molar-refractivity contribution is -0.139. The number of nitrogens with one attached hydrogen (secondary N) is 1. The van der Waals surface area contributed by atoms with Gasteiger partial charge in [-0.15, -0.1) is 0 Å². The molecular weight excluding hydrogens is 274 g/mol. The Morgan fingerprint density at radius 1 is 1.27 bits per heavy atom. The van der Waals surface area contributed by atoms with Crippen LogP contribution in [0.2, 0.25) is 0 Å². The number of rotatable bonds is 4. The maximum absolute atomic E-state index is 12.9.